The molecule has 0 amide bonds. The van der Waals surface area contributed by atoms with Crippen molar-refractivity contribution in [2.45, 2.75) is 58.8 Å². The summed E-state index contributed by atoms with van der Waals surface area (Å²) in [5.41, 5.74) is 0. The van der Waals surface area contributed by atoms with Crippen LogP contribution in [0.3, 0.4) is 0 Å². The van der Waals surface area contributed by atoms with Crippen molar-refractivity contribution in [3.63, 3.8) is 0 Å². The SMILES string of the molecule is CCCCCCCCC.O=S(=O)(O)O. The third-order valence-electron chi connectivity index (χ3n) is 1.71. The Bertz CT molecular complexity index is 173. The van der Waals surface area contributed by atoms with E-state index in [0.29, 0.717) is 0 Å². The van der Waals surface area contributed by atoms with E-state index in [2.05, 4.69) is 13.8 Å². The van der Waals surface area contributed by atoms with Crippen molar-refractivity contribution >= 4 is 10.4 Å². The summed E-state index contributed by atoms with van der Waals surface area (Å²) < 4.78 is 31.6. The van der Waals surface area contributed by atoms with E-state index < -0.39 is 10.4 Å². The molecule has 0 saturated carbocycles. The Morgan fingerprint density at radius 2 is 1.00 bits per heavy atom. The van der Waals surface area contributed by atoms with Crippen molar-refractivity contribution in [2.75, 3.05) is 0 Å². The summed E-state index contributed by atoms with van der Waals surface area (Å²) in [4.78, 5) is 0. The van der Waals surface area contributed by atoms with Gasteiger partial charge in [0, 0.05) is 0 Å². The van der Waals surface area contributed by atoms with Gasteiger partial charge >= 0.3 is 10.4 Å². The van der Waals surface area contributed by atoms with E-state index in [-0.39, 0.29) is 0 Å². The molecule has 0 heterocycles. The number of unbranched alkanes of at least 4 members (excludes halogenated alkanes) is 6. The molecule has 0 radical (unpaired) electrons. The Morgan fingerprint density at radius 1 is 0.786 bits per heavy atom. The molecule has 2 N–H and O–H groups in total. The average molecular weight is 226 g/mol. The van der Waals surface area contributed by atoms with Gasteiger partial charge in [0.2, 0.25) is 0 Å². The third-order valence-corrected chi connectivity index (χ3v) is 1.71. The molecule has 0 aromatic heterocycles. The maximum absolute atomic E-state index is 8.74. The smallest absolute Gasteiger partial charge is 0.264 e. The van der Waals surface area contributed by atoms with E-state index in [4.69, 9.17) is 17.5 Å². The second kappa shape index (κ2) is 10.9. The van der Waals surface area contributed by atoms with Gasteiger partial charge in [0.1, 0.15) is 0 Å². The van der Waals surface area contributed by atoms with Gasteiger partial charge in [-0.15, -0.1) is 0 Å². The summed E-state index contributed by atoms with van der Waals surface area (Å²) >= 11 is 0. The molecule has 0 unspecified atom stereocenters. The molecule has 88 valence electrons. The highest BCUT2D eigenvalue weighted by molar-refractivity contribution is 7.79. The molecule has 0 aromatic rings. The molecule has 0 rings (SSSR count). The predicted molar refractivity (Wildman–Crippen MR) is 57.8 cm³/mol. The minimum atomic E-state index is -4.67. The second-order valence-electron chi connectivity index (χ2n) is 3.22. The van der Waals surface area contributed by atoms with Gasteiger partial charge in [0.25, 0.3) is 0 Å². The first-order valence-electron chi connectivity index (χ1n) is 5.11. The van der Waals surface area contributed by atoms with Crippen molar-refractivity contribution in [3.8, 4) is 0 Å². The van der Waals surface area contributed by atoms with Crippen LogP contribution in [-0.4, -0.2) is 17.5 Å². The maximum Gasteiger partial charge on any atom is 0.394 e. The number of hydrogen-bond acceptors (Lipinski definition) is 2. The highest BCUT2D eigenvalue weighted by Crippen LogP contribution is 2.05. The van der Waals surface area contributed by atoms with Crippen LogP contribution in [0.25, 0.3) is 0 Å². The van der Waals surface area contributed by atoms with Gasteiger partial charge in [0.05, 0.1) is 0 Å². The first-order chi connectivity index (χ1) is 6.41. The van der Waals surface area contributed by atoms with E-state index >= 15 is 0 Å². The Morgan fingerprint density at radius 3 is 1.21 bits per heavy atom. The van der Waals surface area contributed by atoms with E-state index in [1.165, 1.54) is 44.9 Å². The van der Waals surface area contributed by atoms with Crippen LogP contribution < -0.4 is 0 Å². The molecular formula is C9H22O4S. The molecular weight excluding hydrogens is 204 g/mol. The van der Waals surface area contributed by atoms with Gasteiger partial charge < -0.3 is 0 Å². The normalized spacial score (nSPS) is 10.6. The van der Waals surface area contributed by atoms with Crippen LogP contribution in [0.15, 0.2) is 0 Å². The molecule has 0 atom stereocenters. The summed E-state index contributed by atoms with van der Waals surface area (Å²) in [6.07, 6.45) is 9.97. The highest BCUT2D eigenvalue weighted by atomic mass is 32.3. The van der Waals surface area contributed by atoms with Crippen molar-refractivity contribution in [2.24, 2.45) is 0 Å². The predicted octanol–water partition coefficient (Wildman–Crippen LogP) is 3.10. The standard InChI is InChI=1S/C9H20.H2O4S/c1-3-5-7-9-8-6-4-2;1-5(2,3)4/h3-9H2,1-2H3;(H2,1,2,3,4). The van der Waals surface area contributed by atoms with Crippen LogP contribution >= 0.6 is 0 Å². The van der Waals surface area contributed by atoms with E-state index in [9.17, 15) is 0 Å². The lowest BCUT2D eigenvalue weighted by molar-refractivity contribution is 0.381. The first-order valence-corrected chi connectivity index (χ1v) is 6.51. The van der Waals surface area contributed by atoms with Gasteiger partial charge in [-0.05, 0) is 0 Å². The third kappa shape index (κ3) is 40.7. The Balaban J connectivity index is 0. The van der Waals surface area contributed by atoms with Gasteiger partial charge in [-0.3, -0.25) is 9.11 Å². The molecule has 0 fully saturated rings. The molecule has 4 nitrogen and oxygen atoms in total. The molecule has 0 aliphatic heterocycles. The summed E-state index contributed by atoms with van der Waals surface area (Å²) in [5.74, 6) is 0. The Hall–Kier alpha value is -0.130. The maximum atomic E-state index is 8.74. The van der Waals surface area contributed by atoms with Crippen LogP contribution in [0.2, 0.25) is 0 Å². The van der Waals surface area contributed by atoms with Crippen molar-refractivity contribution < 1.29 is 17.5 Å². The molecule has 0 bridgehead atoms. The zero-order chi connectivity index (χ0) is 11.4. The van der Waals surface area contributed by atoms with Crippen LogP contribution in [-0.2, 0) is 10.4 Å². The van der Waals surface area contributed by atoms with Gasteiger partial charge in [0.15, 0.2) is 0 Å². The lowest BCUT2D eigenvalue weighted by atomic mass is 10.1. The van der Waals surface area contributed by atoms with E-state index in [0.717, 1.165) is 0 Å². The molecule has 0 aliphatic carbocycles. The van der Waals surface area contributed by atoms with Gasteiger partial charge in [-0.1, -0.05) is 58.8 Å². The average Bonchev–Trinajstić information content (AvgIpc) is 2.01. The van der Waals surface area contributed by atoms with Crippen molar-refractivity contribution in [1.82, 2.24) is 0 Å². The molecule has 5 heteroatoms. The zero-order valence-corrected chi connectivity index (χ0v) is 9.89. The minimum Gasteiger partial charge on any atom is -0.264 e. The van der Waals surface area contributed by atoms with Gasteiger partial charge in [-0.2, -0.15) is 8.42 Å². The highest BCUT2D eigenvalue weighted by Gasteiger charge is 1.86. The topological polar surface area (TPSA) is 74.6 Å². The summed E-state index contributed by atoms with van der Waals surface area (Å²) in [6, 6.07) is 0. The van der Waals surface area contributed by atoms with Crippen molar-refractivity contribution in [3.05, 3.63) is 0 Å². The number of rotatable bonds is 6. The van der Waals surface area contributed by atoms with Crippen molar-refractivity contribution in [1.29, 1.82) is 0 Å². The lowest BCUT2D eigenvalue weighted by Crippen LogP contribution is -1.89. The van der Waals surface area contributed by atoms with Crippen LogP contribution in [0.5, 0.6) is 0 Å². The fourth-order valence-corrected chi connectivity index (χ4v) is 1.03. The fraction of sp³-hybridized carbons (Fsp3) is 1.00. The van der Waals surface area contributed by atoms with Gasteiger partial charge in [-0.25, -0.2) is 0 Å². The first kappa shape index (κ1) is 16.3. The summed E-state index contributed by atoms with van der Waals surface area (Å²) in [5, 5.41) is 0. The Kier molecular flexibility index (Phi) is 12.8. The molecule has 0 aliphatic rings. The summed E-state index contributed by atoms with van der Waals surface area (Å²) in [6.45, 7) is 4.53. The molecule has 0 saturated heterocycles. The molecule has 14 heavy (non-hydrogen) atoms. The second-order valence-corrected chi connectivity index (χ2v) is 4.11. The van der Waals surface area contributed by atoms with Crippen LogP contribution in [0.1, 0.15) is 58.8 Å². The molecule has 0 spiro atoms. The van der Waals surface area contributed by atoms with Crippen LogP contribution in [0, 0.1) is 0 Å². The van der Waals surface area contributed by atoms with E-state index in [1.807, 2.05) is 0 Å². The lowest BCUT2D eigenvalue weighted by Gasteiger charge is -1.96. The quantitative estimate of drug-likeness (QED) is 0.539. The minimum absolute atomic E-state index is 1.37. The largest absolute Gasteiger partial charge is 0.394 e. The number of hydrogen-bond donors (Lipinski definition) is 2. The fourth-order valence-electron chi connectivity index (χ4n) is 1.03. The van der Waals surface area contributed by atoms with Crippen LogP contribution in [0.4, 0.5) is 0 Å². The Labute approximate surface area is 87.3 Å². The summed E-state index contributed by atoms with van der Waals surface area (Å²) in [7, 11) is -4.67. The molecule has 0 aromatic carbocycles. The van der Waals surface area contributed by atoms with E-state index in [1.54, 1.807) is 0 Å². The monoisotopic (exact) mass is 226 g/mol. The zero-order valence-electron chi connectivity index (χ0n) is 9.07.